The normalized spacial score (nSPS) is 20.4. The number of amides is 2. The van der Waals surface area contributed by atoms with E-state index >= 15 is 0 Å². The van der Waals surface area contributed by atoms with Crippen LogP contribution in [-0.4, -0.2) is 50.2 Å². The van der Waals surface area contributed by atoms with Crippen LogP contribution in [0, 0.1) is 5.95 Å². The first-order valence-corrected chi connectivity index (χ1v) is 12.1. The van der Waals surface area contributed by atoms with Crippen LogP contribution < -0.4 is 5.32 Å². The Kier molecular flexibility index (Phi) is 6.89. The van der Waals surface area contributed by atoms with Crippen LogP contribution in [0.25, 0.3) is 0 Å². The standard InChI is InChI=1S/C26H24F5N5O2/c27-18-10-21(36(13-18)22(37)14-35-12-17(11-32-35)26(29,30)31)25(38)34-23(16-4-2-1-3-5-16)20-9-8-19(15-6-7-15)24(28)33-20/h1-5,8-9,11-12,15,18,21,23H,6-7,10,13-14H2,(H,34,38). The van der Waals surface area contributed by atoms with Crippen LogP contribution in [-0.2, 0) is 22.3 Å². The minimum Gasteiger partial charge on any atom is -0.342 e. The van der Waals surface area contributed by atoms with Crippen LogP contribution in [0.1, 0.15) is 53.6 Å². The number of carbonyl (C=O) groups is 2. The van der Waals surface area contributed by atoms with E-state index in [1.54, 1.807) is 42.5 Å². The van der Waals surface area contributed by atoms with Crippen molar-refractivity contribution in [1.82, 2.24) is 25.0 Å². The van der Waals surface area contributed by atoms with Gasteiger partial charge in [0.2, 0.25) is 17.8 Å². The van der Waals surface area contributed by atoms with Gasteiger partial charge >= 0.3 is 6.18 Å². The first-order chi connectivity index (χ1) is 18.1. The number of hydrogen-bond donors (Lipinski definition) is 1. The second kappa shape index (κ2) is 10.1. The molecule has 3 unspecified atom stereocenters. The van der Waals surface area contributed by atoms with Crippen LogP contribution in [0.15, 0.2) is 54.9 Å². The average Bonchev–Trinajstić information content (AvgIpc) is 3.46. The summed E-state index contributed by atoms with van der Waals surface area (Å²) in [6.45, 7) is -0.979. The van der Waals surface area contributed by atoms with E-state index in [0.29, 0.717) is 23.5 Å². The number of halogens is 5. The van der Waals surface area contributed by atoms with E-state index in [1.165, 1.54) is 0 Å². The molecular weight excluding hydrogens is 509 g/mol. The summed E-state index contributed by atoms with van der Waals surface area (Å²) in [5, 5.41) is 6.33. The van der Waals surface area contributed by atoms with Crippen molar-refractivity contribution >= 4 is 11.8 Å². The largest absolute Gasteiger partial charge is 0.419 e. The number of likely N-dealkylation sites (tertiary alicyclic amines) is 1. The van der Waals surface area contributed by atoms with E-state index in [1.807, 2.05) is 0 Å². The third kappa shape index (κ3) is 5.53. The minimum atomic E-state index is -4.63. The van der Waals surface area contributed by atoms with Gasteiger partial charge in [0.05, 0.1) is 30.0 Å². The number of aromatic nitrogens is 3. The first kappa shape index (κ1) is 25.8. The van der Waals surface area contributed by atoms with E-state index in [2.05, 4.69) is 15.4 Å². The Morgan fingerprint density at radius 3 is 2.47 bits per heavy atom. The van der Waals surface area contributed by atoms with E-state index in [-0.39, 0.29) is 24.6 Å². The van der Waals surface area contributed by atoms with Gasteiger partial charge in [-0.05, 0) is 30.4 Å². The predicted molar refractivity (Wildman–Crippen MR) is 125 cm³/mol. The molecular formula is C26H24F5N5O2. The van der Waals surface area contributed by atoms with Gasteiger partial charge in [-0.25, -0.2) is 9.37 Å². The lowest BCUT2D eigenvalue weighted by atomic mass is 10.0. The van der Waals surface area contributed by atoms with Crippen molar-refractivity contribution in [3.63, 3.8) is 0 Å². The maximum Gasteiger partial charge on any atom is 0.419 e. The number of carbonyl (C=O) groups excluding carboxylic acids is 2. The fourth-order valence-corrected chi connectivity index (χ4v) is 4.67. The summed E-state index contributed by atoms with van der Waals surface area (Å²) in [6, 6.07) is 9.92. The molecule has 3 aromatic rings. The molecule has 2 amide bonds. The fourth-order valence-electron chi connectivity index (χ4n) is 4.67. The van der Waals surface area contributed by atoms with E-state index < -0.39 is 54.3 Å². The predicted octanol–water partition coefficient (Wildman–Crippen LogP) is 4.16. The van der Waals surface area contributed by atoms with Gasteiger partial charge < -0.3 is 10.2 Å². The number of hydrogen-bond acceptors (Lipinski definition) is 4. The third-order valence-electron chi connectivity index (χ3n) is 6.76. The second-order valence-electron chi connectivity index (χ2n) is 9.56. The Labute approximate surface area is 214 Å². The van der Waals surface area contributed by atoms with E-state index in [0.717, 1.165) is 22.4 Å². The van der Waals surface area contributed by atoms with Gasteiger partial charge in [-0.3, -0.25) is 14.3 Å². The molecule has 2 aliphatic rings. The highest BCUT2D eigenvalue weighted by atomic mass is 19.4. The van der Waals surface area contributed by atoms with Crippen molar-refractivity contribution in [2.75, 3.05) is 6.54 Å². The number of benzene rings is 1. The van der Waals surface area contributed by atoms with E-state index in [9.17, 15) is 31.5 Å². The molecule has 1 saturated heterocycles. The Morgan fingerprint density at radius 2 is 1.84 bits per heavy atom. The molecule has 200 valence electrons. The quantitative estimate of drug-likeness (QED) is 0.366. The monoisotopic (exact) mass is 533 g/mol. The molecule has 12 heteroatoms. The lowest BCUT2D eigenvalue weighted by Crippen LogP contribution is -2.48. The van der Waals surface area contributed by atoms with Gasteiger partial charge in [0.15, 0.2) is 0 Å². The summed E-state index contributed by atoms with van der Waals surface area (Å²) in [4.78, 5) is 31.3. The van der Waals surface area contributed by atoms with Gasteiger partial charge in [0.25, 0.3) is 0 Å². The smallest absolute Gasteiger partial charge is 0.342 e. The van der Waals surface area contributed by atoms with Gasteiger partial charge in [-0.1, -0.05) is 36.4 Å². The van der Waals surface area contributed by atoms with Gasteiger partial charge in [0.1, 0.15) is 18.8 Å². The van der Waals surface area contributed by atoms with Crippen molar-refractivity contribution in [2.24, 2.45) is 0 Å². The number of nitrogens with zero attached hydrogens (tertiary/aromatic N) is 4. The molecule has 1 aliphatic heterocycles. The summed E-state index contributed by atoms with van der Waals surface area (Å²) in [7, 11) is 0. The van der Waals surface area contributed by atoms with Crippen molar-refractivity contribution < 1.29 is 31.5 Å². The molecule has 5 rings (SSSR count). The van der Waals surface area contributed by atoms with Crippen LogP contribution in [0.3, 0.4) is 0 Å². The molecule has 1 saturated carbocycles. The van der Waals surface area contributed by atoms with Crippen LogP contribution in [0.5, 0.6) is 0 Å². The molecule has 0 radical (unpaired) electrons. The molecule has 1 aliphatic carbocycles. The van der Waals surface area contributed by atoms with Crippen molar-refractivity contribution in [2.45, 2.75) is 56.2 Å². The summed E-state index contributed by atoms with van der Waals surface area (Å²) in [5.74, 6) is -1.91. The summed E-state index contributed by atoms with van der Waals surface area (Å²) in [6.07, 6.45) is -3.36. The Balaban J connectivity index is 1.35. The number of rotatable bonds is 7. The number of alkyl halides is 4. The maximum absolute atomic E-state index is 14.8. The highest BCUT2D eigenvalue weighted by molar-refractivity contribution is 5.88. The molecule has 2 fully saturated rings. The fraction of sp³-hybridized carbons (Fsp3) is 0.385. The first-order valence-electron chi connectivity index (χ1n) is 12.1. The zero-order chi connectivity index (χ0) is 27.0. The summed E-state index contributed by atoms with van der Waals surface area (Å²) >= 11 is 0. The molecule has 2 aromatic heterocycles. The SMILES string of the molecule is O=C(NC(c1ccccc1)c1ccc(C2CC2)c(F)n1)C1CC(F)CN1C(=O)Cn1cc(C(F)(F)F)cn1. The zero-order valence-electron chi connectivity index (χ0n) is 20.0. The Morgan fingerprint density at radius 1 is 1.11 bits per heavy atom. The molecule has 1 N–H and O–H groups in total. The lowest BCUT2D eigenvalue weighted by molar-refractivity contribution is -0.139. The second-order valence-corrected chi connectivity index (χ2v) is 9.56. The molecule has 3 heterocycles. The molecule has 38 heavy (non-hydrogen) atoms. The molecule has 1 aromatic carbocycles. The van der Waals surface area contributed by atoms with Gasteiger partial charge in [0, 0.05) is 18.2 Å². The third-order valence-corrected chi connectivity index (χ3v) is 6.76. The van der Waals surface area contributed by atoms with Gasteiger partial charge in [-0.15, -0.1) is 0 Å². The summed E-state index contributed by atoms with van der Waals surface area (Å²) in [5.41, 5.74) is 0.348. The minimum absolute atomic E-state index is 0.142. The van der Waals surface area contributed by atoms with Crippen molar-refractivity contribution in [3.8, 4) is 0 Å². The molecule has 0 bridgehead atoms. The van der Waals surface area contributed by atoms with Crippen molar-refractivity contribution in [3.05, 3.63) is 83.2 Å². The number of pyridine rings is 1. The topological polar surface area (TPSA) is 80.1 Å². The van der Waals surface area contributed by atoms with Crippen LogP contribution >= 0.6 is 0 Å². The summed E-state index contributed by atoms with van der Waals surface area (Å²) < 4.78 is 68.6. The van der Waals surface area contributed by atoms with Crippen molar-refractivity contribution in [1.29, 1.82) is 0 Å². The average molecular weight is 534 g/mol. The lowest BCUT2D eigenvalue weighted by Gasteiger charge is -2.26. The van der Waals surface area contributed by atoms with Crippen LogP contribution in [0.2, 0.25) is 0 Å². The number of nitrogens with one attached hydrogen (secondary N) is 1. The van der Waals surface area contributed by atoms with Gasteiger partial charge in [-0.2, -0.15) is 22.7 Å². The zero-order valence-corrected chi connectivity index (χ0v) is 20.0. The Bertz CT molecular complexity index is 1330. The maximum atomic E-state index is 14.8. The molecule has 3 atom stereocenters. The van der Waals surface area contributed by atoms with Crippen LogP contribution in [0.4, 0.5) is 22.0 Å². The highest BCUT2D eigenvalue weighted by Crippen LogP contribution is 2.41. The molecule has 7 nitrogen and oxygen atoms in total. The Hall–Kier alpha value is -3.83. The van der Waals surface area contributed by atoms with E-state index in [4.69, 9.17) is 0 Å². The molecule has 0 spiro atoms. The highest BCUT2D eigenvalue weighted by Gasteiger charge is 2.41.